The van der Waals surface area contributed by atoms with E-state index in [2.05, 4.69) is 24.3 Å². The van der Waals surface area contributed by atoms with Crippen molar-refractivity contribution in [2.45, 2.75) is 19.8 Å². The quantitative estimate of drug-likeness (QED) is 0.466. The maximum absolute atomic E-state index is 12.4. The van der Waals surface area contributed by atoms with E-state index in [1.807, 2.05) is 37.3 Å². The second-order valence-electron chi connectivity index (χ2n) is 7.10. The molecule has 2 aliphatic carbocycles. The van der Waals surface area contributed by atoms with E-state index in [4.69, 9.17) is 9.47 Å². The van der Waals surface area contributed by atoms with Crippen LogP contribution in [-0.2, 0) is 9.53 Å². The molecule has 2 bridgehead atoms. The van der Waals surface area contributed by atoms with Crippen LogP contribution >= 0.6 is 0 Å². The van der Waals surface area contributed by atoms with E-state index in [-0.39, 0.29) is 11.4 Å². The third-order valence-electron chi connectivity index (χ3n) is 5.45. The summed E-state index contributed by atoms with van der Waals surface area (Å²) in [6.07, 6.45) is 6.43. The smallest absolute Gasteiger partial charge is 0.312 e. The Bertz CT molecular complexity index is 795. The standard InChI is InChI=1S/C21H22O3/c1-21(14-15-6-8-18(21)12-15)20(22)24-11-10-23-19-9-7-16-4-2-3-5-17(16)13-19/h2-9,13,15,18H,10-12,14H2,1H3. The van der Waals surface area contributed by atoms with Crippen molar-refractivity contribution in [2.24, 2.45) is 17.3 Å². The topological polar surface area (TPSA) is 35.5 Å². The molecule has 3 atom stereocenters. The van der Waals surface area contributed by atoms with Gasteiger partial charge in [-0.1, -0.05) is 42.5 Å². The van der Waals surface area contributed by atoms with Gasteiger partial charge in [0.2, 0.25) is 0 Å². The van der Waals surface area contributed by atoms with E-state index in [9.17, 15) is 4.79 Å². The maximum Gasteiger partial charge on any atom is 0.312 e. The number of esters is 1. The number of benzene rings is 2. The van der Waals surface area contributed by atoms with Crippen molar-refractivity contribution in [3.8, 4) is 5.75 Å². The summed E-state index contributed by atoms with van der Waals surface area (Å²) in [5.74, 6) is 1.62. The molecular weight excluding hydrogens is 300 g/mol. The zero-order chi connectivity index (χ0) is 16.6. The molecular formula is C21H22O3. The molecule has 0 spiro atoms. The van der Waals surface area contributed by atoms with Gasteiger partial charge >= 0.3 is 5.97 Å². The molecule has 2 aliphatic rings. The molecule has 3 heteroatoms. The minimum absolute atomic E-state index is 0.0820. The number of hydrogen-bond acceptors (Lipinski definition) is 3. The highest BCUT2D eigenvalue weighted by Crippen LogP contribution is 2.52. The van der Waals surface area contributed by atoms with Crippen molar-refractivity contribution >= 4 is 16.7 Å². The molecule has 2 aromatic rings. The van der Waals surface area contributed by atoms with Crippen LogP contribution in [0.5, 0.6) is 5.75 Å². The Balaban J connectivity index is 1.29. The van der Waals surface area contributed by atoms with Gasteiger partial charge in [-0.3, -0.25) is 4.79 Å². The van der Waals surface area contributed by atoms with Crippen LogP contribution in [-0.4, -0.2) is 19.2 Å². The van der Waals surface area contributed by atoms with Crippen molar-refractivity contribution < 1.29 is 14.3 Å². The first-order chi connectivity index (χ1) is 11.6. The number of allylic oxidation sites excluding steroid dienone is 2. The van der Waals surface area contributed by atoms with Crippen LogP contribution in [0, 0.1) is 17.3 Å². The molecule has 4 rings (SSSR count). The van der Waals surface area contributed by atoms with Crippen LogP contribution in [0.4, 0.5) is 0 Å². The summed E-state index contributed by atoms with van der Waals surface area (Å²) in [5.41, 5.74) is -0.345. The van der Waals surface area contributed by atoms with Gasteiger partial charge in [0, 0.05) is 0 Å². The molecule has 0 heterocycles. The highest BCUT2D eigenvalue weighted by Gasteiger charge is 2.50. The summed E-state index contributed by atoms with van der Waals surface area (Å²) in [7, 11) is 0. The molecule has 0 amide bonds. The Hall–Kier alpha value is -2.29. The van der Waals surface area contributed by atoms with Gasteiger partial charge in [0.15, 0.2) is 0 Å². The van der Waals surface area contributed by atoms with Crippen molar-refractivity contribution in [1.82, 2.24) is 0 Å². The monoisotopic (exact) mass is 322 g/mol. The number of ether oxygens (including phenoxy) is 2. The Morgan fingerprint density at radius 2 is 1.96 bits per heavy atom. The largest absolute Gasteiger partial charge is 0.490 e. The Kier molecular flexibility index (Phi) is 3.79. The van der Waals surface area contributed by atoms with E-state index >= 15 is 0 Å². The molecule has 3 unspecified atom stereocenters. The first-order valence-electron chi connectivity index (χ1n) is 8.62. The van der Waals surface area contributed by atoms with Gasteiger partial charge in [0.1, 0.15) is 19.0 Å². The van der Waals surface area contributed by atoms with Crippen LogP contribution in [0.15, 0.2) is 54.6 Å². The fraction of sp³-hybridized carbons (Fsp3) is 0.381. The van der Waals surface area contributed by atoms with Crippen LogP contribution in [0.3, 0.4) is 0 Å². The number of carbonyl (C=O) groups excluding carboxylic acids is 1. The minimum Gasteiger partial charge on any atom is -0.490 e. The second-order valence-corrected chi connectivity index (χ2v) is 7.10. The zero-order valence-electron chi connectivity index (χ0n) is 13.9. The molecule has 1 fully saturated rings. The molecule has 24 heavy (non-hydrogen) atoms. The lowest BCUT2D eigenvalue weighted by molar-refractivity contribution is -0.157. The van der Waals surface area contributed by atoms with E-state index in [0.29, 0.717) is 25.0 Å². The Labute approximate surface area is 142 Å². The van der Waals surface area contributed by atoms with Crippen molar-refractivity contribution in [3.05, 3.63) is 54.6 Å². The number of rotatable bonds is 5. The number of fused-ring (bicyclic) bond motifs is 3. The van der Waals surface area contributed by atoms with Gasteiger partial charge in [-0.15, -0.1) is 0 Å². The third kappa shape index (κ3) is 2.68. The lowest BCUT2D eigenvalue weighted by Gasteiger charge is -2.28. The number of hydrogen-bond donors (Lipinski definition) is 0. The first kappa shape index (κ1) is 15.3. The summed E-state index contributed by atoms with van der Waals surface area (Å²) in [6, 6.07) is 14.2. The fourth-order valence-electron chi connectivity index (χ4n) is 4.05. The average molecular weight is 322 g/mol. The molecule has 0 N–H and O–H groups in total. The fourth-order valence-corrected chi connectivity index (χ4v) is 4.05. The van der Waals surface area contributed by atoms with Gasteiger partial charge in [-0.2, -0.15) is 0 Å². The molecule has 0 aromatic heterocycles. The first-order valence-corrected chi connectivity index (χ1v) is 8.62. The summed E-state index contributed by atoms with van der Waals surface area (Å²) in [4.78, 5) is 12.4. The van der Waals surface area contributed by atoms with Crippen molar-refractivity contribution in [3.63, 3.8) is 0 Å². The summed E-state index contributed by atoms with van der Waals surface area (Å²) < 4.78 is 11.2. The van der Waals surface area contributed by atoms with E-state index in [0.717, 1.165) is 24.0 Å². The highest BCUT2D eigenvalue weighted by molar-refractivity contribution is 5.83. The molecule has 0 aliphatic heterocycles. The normalized spacial score (nSPS) is 27.5. The predicted octanol–water partition coefficient (Wildman–Crippen LogP) is 4.36. The average Bonchev–Trinajstić information content (AvgIpc) is 3.19. The van der Waals surface area contributed by atoms with E-state index in [1.54, 1.807) is 0 Å². The van der Waals surface area contributed by atoms with Gasteiger partial charge in [-0.05, 0) is 54.5 Å². The van der Waals surface area contributed by atoms with E-state index < -0.39 is 0 Å². The number of carbonyl (C=O) groups is 1. The maximum atomic E-state index is 12.4. The van der Waals surface area contributed by atoms with Crippen LogP contribution in [0.25, 0.3) is 10.8 Å². The predicted molar refractivity (Wildman–Crippen MR) is 93.9 cm³/mol. The van der Waals surface area contributed by atoms with Gasteiger partial charge in [-0.25, -0.2) is 0 Å². The summed E-state index contributed by atoms with van der Waals surface area (Å²) in [5, 5.41) is 2.34. The van der Waals surface area contributed by atoms with Crippen molar-refractivity contribution in [2.75, 3.05) is 13.2 Å². The SMILES string of the molecule is CC1(C(=O)OCCOc2ccc3ccccc3c2)CC2C=CC1C2. The highest BCUT2D eigenvalue weighted by atomic mass is 16.6. The van der Waals surface area contributed by atoms with Crippen LogP contribution < -0.4 is 4.74 Å². The van der Waals surface area contributed by atoms with Crippen molar-refractivity contribution in [1.29, 1.82) is 0 Å². The van der Waals surface area contributed by atoms with Gasteiger partial charge in [0.05, 0.1) is 5.41 Å². The van der Waals surface area contributed by atoms with E-state index in [1.165, 1.54) is 5.39 Å². The Morgan fingerprint density at radius 3 is 2.71 bits per heavy atom. The molecule has 0 radical (unpaired) electrons. The lowest BCUT2D eigenvalue weighted by Crippen LogP contribution is -2.34. The molecule has 3 nitrogen and oxygen atoms in total. The third-order valence-corrected chi connectivity index (χ3v) is 5.45. The molecule has 0 saturated heterocycles. The molecule has 1 saturated carbocycles. The summed E-state index contributed by atoms with van der Waals surface area (Å²) >= 11 is 0. The second kappa shape index (κ2) is 5.97. The molecule has 2 aromatic carbocycles. The lowest BCUT2D eigenvalue weighted by atomic mass is 9.78. The minimum atomic E-state index is -0.345. The van der Waals surface area contributed by atoms with Crippen LogP contribution in [0.1, 0.15) is 19.8 Å². The van der Waals surface area contributed by atoms with Crippen LogP contribution in [0.2, 0.25) is 0 Å². The Morgan fingerprint density at radius 1 is 1.12 bits per heavy atom. The zero-order valence-corrected chi connectivity index (χ0v) is 13.9. The van der Waals surface area contributed by atoms with Gasteiger partial charge in [0.25, 0.3) is 0 Å². The van der Waals surface area contributed by atoms with Gasteiger partial charge < -0.3 is 9.47 Å². The molecule has 124 valence electrons. The summed E-state index contributed by atoms with van der Waals surface area (Å²) in [6.45, 7) is 2.71.